The van der Waals surface area contributed by atoms with Crippen molar-refractivity contribution in [1.82, 2.24) is 4.90 Å². The van der Waals surface area contributed by atoms with E-state index in [0.717, 1.165) is 43.7 Å². The van der Waals surface area contributed by atoms with Crippen LogP contribution in [0.15, 0.2) is 24.3 Å². The summed E-state index contributed by atoms with van der Waals surface area (Å²) in [5.74, 6) is 0. The van der Waals surface area contributed by atoms with E-state index in [4.69, 9.17) is 22.1 Å². The minimum absolute atomic E-state index is 0.0128. The number of carbonyl (C=O) groups excluding carboxylic acids is 1. The predicted octanol–water partition coefficient (Wildman–Crippen LogP) is 3.32. The van der Waals surface area contributed by atoms with E-state index in [0.29, 0.717) is 13.2 Å². The lowest BCUT2D eigenvalue weighted by atomic mass is 9.68. The summed E-state index contributed by atoms with van der Waals surface area (Å²) in [6.45, 7) is 1.98. The quantitative estimate of drug-likeness (QED) is 0.928. The molecule has 22 heavy (non-hydrogen) atoms. The summed E-state index contributed by atoms with van der Waals surface area (Å²) in [6, 6.07) is 8.32. The van der Waals surface area contributed by atoms with E-state index in [2.05, 4.69) is 6.07 Å². The summed E-state index contributed by atoms with van der Waals surface area (Å²) in [4.78, 5) is 13.8. The summed E-state index contributed by atoms with van der Waals surface area (Å²) in [6.07, 6.45) is 4.69. The van der Waals surface area contributed by atoms with Gasteiger partial charge in [0.15, 0.2) is 0 Å². The molecule has 3 rings (SSSR count). The molecule has 2 aliphatic rings. The largest absolute Gasteiger partial charge is 0.449 e. The molecule has 1 aliphatic heterocycles. The molecule has 2 fully saturated rings. The number of ether oxygens (including phenoxy) is 1. The third-order valence-electron chi connectivity index (χ3n) is 5.18. The molecule has 0 aromatic heterocycles. The molecule has 0 radical (unpaired) electrons. The topological polar surface area (TPSA) is 55.6 Å². The van der Waals surface area contributed by atoms with Crippen LogP contribution in [0.5, 0.6) is 0 Å². The molecule has 1 saturated carbocycles. The first-order chi connectivity index (χ1) is 10.6. The summed E-state index contributed by atoms with van der Waals surface area (Å²) in [7, 11) is 0. The van der Waals surface area contributed by atoms with Crippen LogP contribution in [0.2, 0.25) is 5.02 Å². The second-order valence-corrected chi connectivity index (χ2v) is 6.82. The maximum atomic E-state index is 11.9. The Hall–Kier alpha value is -1.26. The lowest BCUT2D eigenvalue weighted by molar-refractivity contribution is 0.0407. The zero-order chi connectivity index (χ0) is 15.6. The molecule has 1 aliphatic carbocycles. The molecule has 4 nitrogen and oxygen atoms in total. The number of nitrogens with two attached hydrogens (primary N) is 1. The standard InChI is InChI=1S/C17H23ClN2O2/c18-14-4-1-3-13(11-14)17(12-19)7-5-15(6-8-17)20-9-2-10-22-16(20)21/h1,3-4,11,15H,2,5-10,12,19H2/t15-,17-. The van der Waals surface area contributed by atoms with E-state index in [9.17, 15) is 4.79 Å². The van der Waals surface area contributed by atoms with Gasteiger partial charge in [-0.2, -0.15) is 0 Å². The zero-order valence-corrected chi connectivity index (χ0v) is 13.5. The second kappa shape index (κ2) is 6.47. The summed E-state index contributed by atoms with van der Waals surface area (Å²) >= 11 is 6.14. The van der Waals surface area contributed by atoms with Crippen molar-refractivity contribution in [2.24, 2.45) is 5.73 Å². The zero-order valence-electron chi connectivity index (χ0n) is 12.8. The molecule has 2 N–H and O–H groups in total. The number of hydrogen-bond donors (Lipinski definition) is 1. The van der Waals surface area contributed by atoms with Crippen molar-refractivity contribution in [2.45, 2.75) is 43.6 Å². The molecule has 1 heterocycles. The Morgan fingerprint density at radius 3 is 2.77 bits per heavy atom. The lowest BCUT2D eigenvalue weighted by Gasteiger charge is -2.44. The Morgan fingerprint density at radius 2 is 2.14 bits per heavy atom. The highest BCUT2D eigenvalue weighted by atomic mass is 35.5. The van der Waals surface area contributed by atoms with Crippen molar-refractivity contribution in [3.63, 3.8) is 0 Å². The molecular weight excluding hydrogens is 300 g/mol. The predicted molar refractivity (Wildman–Crippen MR) is 87.1 cm³/mol. The Morgan fingerprint density at radius 1 is 1.36 bits per heavy atom. The lowest BCUT2D eigenvalue weighted by Crippen LogP contribution is -2.49. The first kappa shape index (κ1) is 15.6. The third-order valence-corrected chi connectivity index (χ3v) is 5.42. The van der Waals surface area contributed by atoms with E-state index in [1.165, 1.54) is 5.56 Å². The number of nitrogens with zero attached hydrogens (tertiary/aromatic N) is 1. The van der Waals surface area contributed by atoms with Crippen molar-refractivity contribution in [2.75, 3.05) is 19.7 Å². The number of halogens is 1. The van der Waals surface area contributed by atoms with Crippen LogP contribution in [0.3, 0.4) is 0 Å². The van der Waals surface area contributed by atoms with Crippen LogP contribution >= 0.6 is 11.6 Å². The molecule has 0 unspecified atom stereocenters. The SMILES string of the molecule is NC[C@]1(c2cccc(Cl)c2)CC[C@H](N2CCCOC2=O)CC1. The fraction of sp³-hybridized carbons (Fsp3) is 0.588. The molecule has 1 saturated heterocycles. The average molecular weight is 323 g/mol. The number of cyclic esters (lactones) is 1. The minimum Gasteiger partial charge on any atom is -0.449 e. The van der Waals surface area contributed by atoms with Gasteiger partial charge in [0, 0.05) is 29.6 Å². The van der Waals surface area contributed by atoms with Crippen LogP contribution in [-0.4, -0.2) is 36.7 Å². The Bertz CT molecular complexity index is 541. The maximum Gasteiger partial charge on any atom is 0.410 e. The van der Waals surface area contributed by atoms with E-state index in [1.807, 2.05) is 23.1 Å². The fourth-order valence-corrected chi connectivity index (χ4v) is 3.99. The van der Waals surface area contributed by atoms with Gasteiger partial charge in [-0.25, -0.2) is 4.79 Å². The summed E-state index contributed by atoms with van der Waals surface area (Å²) < 4.78 is 5.17. The maximum absolute atomic E-state index is 11.9. The monoisotopic (exact) mass is 322 g/mol. The highest BCUT2D eigenvalue weighted by Crippen LogP contribution is 2.41. The molecule has 0 atom stereocenters. The fourth-order valence-electron chi connectivity index (χ4n) is 3.80. The first-order valence-electron chi connectivity index (χ1n) is 8.04. The van der Waals surface area contributed by atoms with Crippen LogP contribution < -0.4 is 5.73 Å². The van der Waals surface area contributed by atoms with Gasteiger partial charge >= 0.3 is 6.09 Å². The minimum atomic E-state index is -0.153. The average Bonchev–Trinajstić information content (AvgIpc) is 2.55. The second-order valence-electron chi connectivity index (χ2n) is 6.39. The van der Waals surface area contributed by atoms with E-state index >= 15 is 0 Å². The smallest absolute Gasteiger partial charge is 0.410 e. The van der Waals surface area contributed by atoms with Crippen molar-refractivity contribution >= 4 is 17.7 Å². The van der Waals surface area contributed by atoms with E-state index < -0.39 is 0 Å². The molecule has 120 valence electrons. The van der Waals surface area contributed by atoms with Crippen LogP contribution in [0.1, 0.15) is 37.7 Å². The molecular formula is C17H23ClN2O2. The van der Waals surface area contributed by atoms with Gasteiger partial charge in [-0.15, -0.1) is 0 Å². The van der Waals surface area contributed by atoms with Crippen molar-refractivity contribution < 1.29 is 9.53 Å². The highest BCUT2D eigenvalue weighted by Gasteiger charge is 2.39. The summed E-state index contributed by atoms with van der Waals surface area (Å²) in [5.41, 5.74) is 7.33. The van der Waals surface area contributed by atoms with Crippen LogP contribution in [0.25, 0.3) is 0 Å². The van der Waals surface area contributed by atoms with E-state index in [1.54, 1.807) is 0 Å². The molecule has 1 aromatic rings. The van der Waals surface area contributed by atoms with Gasteiger partial charge in [0.25, 0.3) is 0 Å². The number of hydrogen-bond acceptors (Lipinski definition) is 3. The van der Waals surface area contributed by atoms with E-state index in [-0.39, 0.29) is 17.6 Å². The highest BCUT2D eigenvalue weighted by molar-refractivity contribution is 6.30. The van der Waals surface area contributed by atoms with Gasteiger partial charge in [-0.05, 0) is 49.8 Å². The molecule has 1 amide bonds. The van der Waals surface area contributed by atoms with Crippen LogP contribution in [-0.2, 0) is 10.2 Å². The van der Waals surface area contributed by atoms with Crippen molar-refractivity contribution in [3.8, 4) is 0 Å². The van der Waals surface area contributed by atoms with Gasteiger partial charge in [-0.1, -0.05) is 23.7 Å². The number of amides is 1. The molecule has 0 spiro atoms. The van der Waals surface area contributed by atoms with Crippen LogP contribution in [0, 0.1) is 0 Å². The van der Waals surface area contributed by atoms with Gasteiger partial charge in [0.2, 0.25) is 0 Å². The Labute approximate surface area is 136 Å². The van der Waals surface area contributed by atoms with Crippen LogP contribution in [0.4, 0.5) is 4.79 Å². The molecule has 5 heteroatoms. The molecule has 0 bridgehead atoms. The summed E-state index contributed by atoms with van der Waals surface area (Å²) in [5, 5.41) is 0.757. The van der Waals surface area contributed by atoms with Gasteiger partial charge < -0.3 is 15.4 Å². The number of benzene rings is 1. The Balaban J connectivity index is 1.72. The van der Waals surface area contributed by atoms with Crippen molar-refractivity contribution in [3.05, 3.63) is 34.9 Å². The number of rotatable bonds is 3. The first-order valence-corrected chi connectivity index (χ1v) is 8.42. The molecule has 1 aromatic carbocycles. The van der Waals surface area contributed by atoms with Gasteiger partial charge in [-0.3, -0.25) is 0 Å². The third kappa shape index (κ3) is 2.95. The van der Waals surface area contributed by atoms with Crippen molar-refractivity contribution in [1.29, 1.82) is 0 Å². The van der Waals surface area contributed by atoms with Gasteiger partial charge in [0.05, 0.1) is 6.61 Å². The van der Waals surface area contributed by atoms with Gasteiger partial charge in [0.1, 0.15) is 0 Å². The Kier molecular flexibility index (Phi) is 4.59. The number of carbonyl (C=O) groups is 1. The normalized spacial score (nSPS) is 29.3.